The maximum atomic E-state index is 3.86. The minimum Gasteiger partial charge on any atom is -0.0533 e. The Morgan fingerprint density at radius 2 is 1.46 bits per heavy atom. The Labute approximate surface area is 84.1 Å². The van der Waals surface area contributed by atoms with E-state index in [1.54, 1.807) is 0 Å². The fraction of sp³-hybridized carbons (Fsp3) is 0.846. The Morgan fingerprint density at radius 3 is 2.00 bits per heavy atom. The van der Waals surface area contributed by atoms with Crippen molar-refractivity contribution in [2.75, 3.05) is 0 Å². The summed E-state index contributed by atoms with van der Waals surface area (Å²) in [5.74, 6) is 1.85. The molecule has 1 rings (SSSR count). The van der Waals surface area contributed by atoms with Gasteiger partial charge in [-0.1, -0.05) is 58.3 Å². The molecule has 1 saturated carbocycles. The third-order valence-corrected chi connectivity index (χ3v) is 3.09. The minimum absolute atomic E-state index is 1.12. The molecule has 0 heterocycles. The van der Waals surface area contributed by atoms with Gasteiger partial charge in [0.15, 0.2) is 0 Å². The molecule has 2 radical (unpaired) electrons. The van der Waals surface area contributed by atoms with Gasteiger partial charge in [-0.3, -0.25) is 0 Å². The van der Waals surface area contributed by atoms with Gasteiger partial charge in [-0.15, -0.1) is 0 Å². The van der Waals surface area contributed by atoms with Gasteiger partial charge in [-0.2, -0.15) is 0 Å². The Balaban J connectivity index is 1.68. The molecule has 0 unspecified atom stereocenters. The van der Waals surface area contributed by atoms with Crippen LogP contribution in [0.4, 0.5) is 0 Å². The summed E-state index contributed by atoms with van der Waals surface area (Å²) >= 11 is 0. The molecular formula is C13H24. The smallest absolute Gasteiger partial charge is 0.0241 e. The quantitative estimate of drug-likeness (QED) is 0.475. The molecule has 1 aliphatic carbocycles. The monoisotopic (exact) mass is 180 g/mol. The highest BCUT2D eigenvalue weighted by atomic mass is 14.2. The molecule has 76 valence electrons. The number of hydrogen-bond donors (Lipinski definition) is 0. The molecule has 0 atom stereocenters. The summed E-state index contributed by atoms with van der Waals surface area (Å²) in [6.45, 7) is 3.86. The van der Waals surface area contributed by atoms with Crippen LogP contribution in [0.1, 0.15) is 70.6 Å². The molecule has 1 aliphatic rings. The number of hydrogen-bond acceptors (Lipinski definition) is 0. The lowest BCUT2D eigenvalue weighted by Gasteiger charge is -2.24. The van der Waals surface area contributed by atoms with Gasteiger partial charge >= 0.3 is 0 Å². The summed E-state index contributed by atoms with van der Waals surface area (Å²) in [7, 11) is 0. The van der Waals surface area contributed by atoms with Crippen LogP contribution in [-0.4, -0.2) is 0 Å². The van der Waals surface area contributed by atoms with Crippen molar-refractivity contribution in [3.8, 4) is 0 Å². The summed E-state index contributed by atoms with van der Waals surface area (Å²) in [4.78, 5) is 0. The number of rotatable bonds is 8. The van der Waals surface area contributed by atoms with Crippen molar-refractivity contribution in [3.63, 3.8) is 0 Å². The molecular weight excluding hydrogens is 156 g/mol. The average molecular weight is 180 g/mol. The zero-order chi connectivity index (χ0) is 9.36. The van der Waals surface area contributed by atoms with Crippen molar-refractivity contribution in [1.29, 1.82) is 0 Å². The van der Waals surface area contributed by atoms with Gasteiger partial charge in [0.25, 0.3) is 0 Å². The van der Waals surface area contributed by atoms with Gasteiger partial charge < -0.3 is 0 Å². The summed E-state index contributed by atoms with van der Waals surface area (Å²) in [5.41, 5.74) is 0. The van der Waals surface area contributed by atoms with Crippen molar-refractivity contribution in [3.05, 3.63) is 12.8 Å². The molecule has 1 fully saturated rings. The second-order valence-electron chi connectivity index (χ2n) is 4.33. The average Bonchev–Trinajstić information content (AvgIpc) is 2.07. The Morgan fingerprint density at radius 1 is 0.846 bits per heavy atom. The Bertz CT molecular complexity index is 103. The molecule has 0 aromatic carbocycles. The summed E-state index contributed by atoms with van der Waals surface area (Å²) < 4.78 is 0. The molecule has 0 aromatic heterocycles. The lowest BCUT2D eigenvalue weighted by molar-refractivity contribution is 0.479. The van der Waals surface area contributed by atoms with E-state index >= 15 is 0 Å². The first-order valence-electron chi connectivity index (χ1n) is 6.06. The Hall–Kier alpha value is 0. The third-order valence-electron chi connectivity index (χ3n) is 3.09. The van der Waals surface area contributed by atoms with E-state index in [4.69, 9.17) is 0 Å². The second kappa shape index (κ2) is 7.41. The van der Waals surface area contributed by atoms with Gasteiger partial charge in [-0.05, 0) is 25.2 Å². The molecule has 0 spiro atoms. The fourth-order valence-electron chi connectivity index (χ4n) is 1.94. The maximum Gasteiger partial charge on any atom is -0.0241 e. The van der Waals surface area contributed by atoms with E-state index in [1.807, 2.05) is 5.92 Å². The lowest BCUT2D eigenvalue weighted by Crippen LogP contribution is -2.07. The fourth-order valence-corrected chi connectivity index (χ4v) is 1.94. The highest BCUT2D eigenvalue weighted by molar-refractivity contribution is 4.97. The van der Waals surface area contributed by atoms with E-state index < -0.39 is 0 Å². The van der Waals surface area contributed by atoms with Crippen molar-refractivity contribution in [2.45, 2.75) is 70.6 Å². The zero-order valence-corrected chi connectivity index (χ0v) is 8.99. The third kappa shape index (κ3) is 5.33. The van der Waals surface area contributed by atoms with E-state index in [-0.39, 0.29) is 0 Å². The largest absolute Gasteiger partial charge is 0.0533 e. The summed E-state index contributed by atoms with van der Waals surface area (Å²) in [6.07, 6.45) is 15.5. The van der Waals surface area contributed by atoms with E-state index in [1.165, 1.54) is 64.2 Å². The topological polar surface area (TPSA) is 0 Å². The van der Waals surface area contributed by atoms with Crippen molar-refractivity contribution >= 4 is 0 Å². The van der Waals surface area contributed by atoms with Gasteiger partial charge in [0.2, 0.25) is 0 Å². The minimum atomic E-state index is 1.12. The van der Waals surface area contributed by atoms with Crippen LogP contribution in [-0.2, 0) is 0 Å². The van der Waals surface area contributed by atoms with Crippen LogP contribution in [0.15, 0.2) is 0 Å². The van der Waals surface area contributed by atoms with E-state index in [0.29, 0.717) is 0 Å². The second-order valence-corrected chi connectivity index (χ2v) is 4.33. The van der Waals surface area contributed by atoms with Crippen molar-refractivity contribution in [2.24, 2.45) is 0 Å². The standard InChI is InChI=1S/C13H24/c1-2-3-4-5-6-7-8-10-13-11-9-12-13/h1-12H2. The normalized spacial score (nSPS) is 17.3. The van der Waals surface area contributed by atoms with Crippen molar-refractivity contribution < 1.29 is 0 Å². The molecule has 0 amide bonds. The van der Waals surface area contributed by atoms with Crippen LogP contribution in [0.25, 0.3) is 0 Å². The first-order valence-corrected chi connectivity index (χ1v) is 6.06. The maximum absolute atomic E-state index is 3.86. The summed E-state index contributed by atoms with van der Waals surface area (Å²) in [6, 6.07) is 0. The lowest BCUT2D eigenvalue weighted by atomic mass is 9.81. The number of unbranched alkanes of at least 4 members (excludes halogenated alkanes) is 6. The Kier molecular flexibility index (Phi) is 6.31. The molecule has 0 aromatic rings. The van der Waals surface area contributed by atoms with Gasteiger partial charge in [0, 0.05) is 0 Å². The van der Waals surface area contributed by atoms with Crippen molar-refractivity contribution in [1.82, 2.24) is 0 Å². The van der Waals surface area contributed by atoms with E-state index in [0.717, 1.165) is 6.42 Å². The zero-order valence-electron chi connectivity index (χ0n) is 8.99. The van der Waals surface area contributed by atoms with Crippen LogP contribution in [0.2, 0.25) is 0 Å². The first kappa shape index (κ1) is 11.1. The van der Waals surface area contributed by atoms with Gasteiger partial charge in [0.05, 0.1) is 0 Å². The highest BCUT2D eigenvalue weighted by Crippen LogP contribution is 2.33. The highest BCUT2D eigenvalue weighted by Gasteiger charge is 2.16. The van der Waals surface area contributed by atoms with E-state index in [9.17, 15) is 0 Å². The SMILES string of the molecule is [CH2]CCCCCCCC[C]1CCC1. The first-order chi connectivity index (χ1) is 6.43. The molecule has 13 heavy (non-hydrogen) atoms. The molecule has 0 aliphatic heterocycles. The van der Waals surface area contributed by atoms with Crippen LogP contribution < -0.4 is 0 Å². The van der Waals surface area contributed by atoms with Gasteiger partial charge in [-0.25, -0.2) is 0 Å². The molecule has 0 bridgehead atoms. The molecule has 0 nitrogen and oxygen atoms in total. The molecule has 0 N–H and O–H groups in total. The van der Waals surface area contributed by atoms with E-state index in [2.05, 4.69) is 6.92 Å². The van der Waals surface area contributed by atoms with Crippen LogP contribution in [0.3, 0.4) is 0 Å². The van der Waals surface area contributed by atoms with Crippen LogP contribution in [0, 0.1) is 12.8 Å². The van der Waals surface area contributed by atoms with Crippen LogP contribution >= 0.6 is 0 Å². The van der Waals surface area contributed by atoms with Crippen LogP contribution in [0.5, 0.6) is 0 Å². The summed E-state index contributed by atoms with van der Waals surface area (Å²) in [5, 5.41) is 0. The predicted molar refractivity (Wildman–Crippen MR) is 59.4 cm³/mol. The molecule has 0 heteroatoms. The van der Waals surface area contributed by atoms with Gasteiger partial charge in [0.1, 0.15) is 0 Å². The predicted octanol–water partition coefficient (Wildman–Crippen LogP) is 4.70. The molecule has 0 saturated heterocycles.